The number of nitrogens with zero attached hydrogens (tertiary/aromatic N) is 3. The Balaban J connectivity index is 1.74. The molecule has 1 N–H and O–H groups in total. The molecular weight excluding hydrogens is 212 g/mol. The van der Waals surface area contributed by atoms with E-state index in [0.717, 1.165) is 6.54 Å². The van der Waals surface area contributed by atoms with E-state index in [0.29, 0.717) is 12.1 Å². The number of hydrogen-bond donors (Lipinski definition) is 1. The molecular formula is C13H24N4. The normalized spacial score (nSPS) is 19.1. The van der Waals surface area contributed by atoms with Crippen molar-refractivity contribution in [2.45, 2.75) is 45.3 Å². The molecule has 0 spiro atoms. The molecule has 17 heavy (non-hydrogen) atoms. The van der Waals surface area contributed by atoms with Gasteiger partial charge in [0.05, 0.1) is 12.0 Å². The smallest absolute Gasteiger partial charge is 0.0945 e. The van der Waals surface area contributed by atoms with Crippen molar-refractivity contribution in [2.24, 2.45) is 7.05 Å². The van der Waals surface area contributed by atoms with Crippen LogP contribution in [0.5, 0.6) is 0 Å². The van der Waals surface area contributed by atoms with Gasteiger partial charge in [-0.3, -0.25) is 0 Å². The zero-order valence-electron chi connectivity index (χ0n) is 11.2. The molecule has 0 atom stereocenters. The van der Waals surface area contributed by atoms with Crippen LogP contribution in [0.2, 0.25) is 0 Å². The number of imidazole rings is 1. The van der Waals surface area contributed by atoms with Crippen molar-refractivity contribution in [2.75, 3.05) is 13.1 Å². The first-order valence-corrected chi connectivity index (χ1v) is 6.59. The Kier molecular flexibility index (Phi) is 4.18. The lowest BCUT2D eigenvalue weighted by Crippen LogP contribution is -2.44. The van der Waals surface area contributed by atoms with E-state index in [1.54, 1.807) is 0 Å². The van der Waals surface area contributed by atoms with Crippen LogP contribution >= 0.6 is 0 Å². The Hall–Kier alpha value is -0.870. The third-order valence-electron chi connectivity index (χ3n) is 3.75. The zero-order chi connectivity index (χ0) is 12.3. The van der Waals surface area contributed by atoms with Crippen molar-refractivity contribution >= 4 is 0 Å². The molecule has 0 bridgehead atoms. The Morgan fingerprint density at radius 1 is 1.41 bits per heavy atom. The minimum absolute atomic E-state index is 0.667. The number of aromatic nitrogens is 2. The van der Waals surface area contributed by atoms with Gasteiger partial charge in [0.1, 0.15) is 0 Å². The summed E-state index contributed by atoms with van der Waals surface area (Å²) in [4.78, 5) is 6.69. The van der Waals surface area contributed by atoms with Gasteiger partial charge in [-0.15, -0.1) is 0 Å². The van der Waals surface area contributed by atoms with Crippen molar-refractivity contribution in [3.05, 3.63) is 18.2 Å². The van der Waals surface area contributed by atoms with Crippen LogP contribution in [0.1, 0.15) is 32.4 Å². The standard InChI is InChI=1S/C13H24N4/c1-11(2)17-6-4-12(5-7-17)15-9-13-8-14-10-16(13)3/h8,10-12,15H,4-7,9H2,1-3H3. The fourth-order valence-electron chi connectivity index (χ4n) is 2.42. The van der Waals surface area contributed by atoms with Crippen molar-refractivity contribution < 1.29 is 0 Å². The molecule has 1 fully saturated rings. The molecule has 0 unspecified atom stereocenters. The molecule has 96 valence electrons. The van der Waals surface area contributed by atoms with E-state index in [4.69, 9.17) is 0 Å². The number of piperidine rings is 1. The molecule has 0 radical (unpaired) electrons. The summed E-state index contributed by atoms with van der Waals surface area (Å²) in [6.45, 7) is 7.94. The van der Waals surface area contributed by atoms with Gasteiger partial charge in [-0.2, -0.15) is 0 Å². The SMILES string of the molecule is CC(C)N1CCC(NCc2cncn2C)CC1. The van der Waals surface area contributed by atoms with Crippen LogP contribution in [0.25, 0.3) is 0 Å². The third kappa shape index (κ3) is 3.30. The highest BCUT2D eigenvalue weighted by molar-refractivity contribution is 4.97. The van der Waals surface area contributed by atoms with Crippen LogP contribution in [0.4, 0.5) is 0 Å². The average Bonchev–Trinajstić information content (AvgIpc) is 2.73. The van der Waals surface area contributed by atoms with E-state index in [9.17, 15) is 0 Å². The summed E-state index contributed by atoms with van der Waals surface area (Å²) in [5.74, 6) is 0. The first kappa shape index (κ1) is 12.6. The van der Waals surface area contributed by atoms with E-state index in [-0.39, 0.29) is 0 Å². The van der Waals surface area contributed by atoms with E-state index in [1.807, 2.05) is 19.6 Å². The van der Waals surface area contributed by atoms with E-state index >= 15 is 0 Å². The van der Waals surface area contributed by atoms with Crippen LogP contribution in [0, 0.1) is 0 Å². The predicted molar refractivity (Wildman–Crippen MR) is 69.8 cm³/mol. The van der Waals surface area contributed by atoms with Crippen LogP contribution in [0.15, 0.2) is 12.5 Å². The lowest BCUT2D eigenvalue weighted by atomic mass is 10.0. The summed E-state index contributed by atoms with van der Waals surface area (Å²) >= 11 is 0. The quantitative estimate of drug-likeness (QED) is 0.857. The molecule has 1 aromatic rings. The molecule has 1 aliphatic rings. The van der Waals surface area contributed by atoms with Crippen LogP contribution in [-0.4, -0.2) is 39.6 Å². The summed E-state index contributed by atoms with van der Waals surface area (Å²) in [5.41, 5.74) is 1.26. The van der Waals surface area contributed by atoms with Crippen molar-refractivity contribution in [1.82, 2.24) is 19.8 Å². The van der Waals surface area contributed by atoms with Crippen molar-refractivity contribution in [3.8, 4) is 0 Å². The minimum atomic E-state index is 0.667. The molecule has 4 nitrogen and oxygen atoms in total. The summed E-state index contributed by atoms with van der Waals surface area (Å²) in [6.07, 6.45) is 6.32. The topological polar surface area (TPSA) is 33.1 Å². The number of rotatable bonds is 4. The van der Waals surface area contributed by atoms with Gasteiger partial charge in [0.15, 0.2) is 0 Å². The van der Waals surface area contributed by atoms with Gasteiger partial charge in [0.25, 0.3) is 0 Å². The Morgan fingerprint density at radius 3 is 2.65 bits per heavy atom. The van der Waals surface area contributed by atoms with E-state index < -0.39 is 0 Å². The van der Waals surface area contributed by atoms with Gasteiger partial charge in [0.2, 0.25) is 0 Å². The monoisotopic (exact) mass is 236 g/mol. The van der Waals surface area contributed by atoms with Gasteiger partial charge >= 0.3 is 0 Å². The Labute approximate surface area is 104 Å². The molecule has 4 heteroatoms. The maximum atomic E-state index is 4.14. The molecule has 0 aromatic carbocycles. The second kappa shape index (κ2) is 5.65. The molecule has 1 saturated heterocycles. The Bertz CT molecular complexity index is 337. The highest BCUT2D eigenvalue weighted by Crippen LogP contribution is 2.13. The molecule has 0 aliphatic carbocycles. The fourth-order valence-corrected chi connectivity index (χ4v) is 2.42. The summed E-state index contributed by atoms with van der Waals surface area (Å²) in [7, 11) is 2.05. The maximum Gasteiger partial charge on any atom is 0.0945 e. The van der Waals surface area contributed by atoms with Gasteiger partial charge in [-0.05, 0) is 39.8 Å². The van der Waals surface area contributed by atoms with Gasteiger partial charge in [0, 0.05) is 31.9 Å². The zero-order valence-corrected chi connectivity index (χ0v) is 11.2. The van der Waals surface area contributed by atoms with Crippen LogP contribution < -0.4 is 5.32 Å². The molecule has 2 rings (SSSR count). The summed E-state index contributed by atoms with van der Waals surface area (Å²) < 4.78 is 2.08. The fraction of sp³-hybridized carbons (Fsp3) is 0.769. The van der Waals surface area contributed by atoms with Crippen LogP contribution in [-0.2, 0) is 13.6 Å². The largest absolute Gasteiger partial charge is 0.337 e. The number of aryl methyl sites for hydroxylation is 1. The number of nitrogens with one attached hydrogen (secondary N) is 1. The second-order valence-electron chi connectivity index (χ2n) is 5.28. The van der Waals surface area contributed by atoms with Crippen molar-refractivity contribution in [1.29, 1.82) is 0 Å². The maximum absolute atomic E-state index is 4.14. The summed E-state index contributed by atoms with van der Waals surface area (Å²) in [5, 5.41) is 3.64. The first-order valence-electron chi connectivity index (χ1n) is 6.59. The Morgan fingerprint density at radius 2 is 2.12 bits per heavy atom. The van der Waals surface area contributed by atoms with Gasteiger partial charge < -0.3 is 14.8 Å². The molecule has 0 saturated carbocycles. The van der Waals surface area contributed by atoms with Gasteiger partial charge in [-0.25, -0.2) is 4.98 Å². The highest BCUT2D eigenvalue weighted by Gasteiger charge is 2.20. The lowest BCUT2D eigenvalue weighted by Gasteiger charge is -2.35. The second-order valence-corrected chi connectivity index (χ2v) is 5.28. The minimum Gasteiger partial charge on any atom is -0.337 e. The third-order valence-corrected chi connectivity index (χ3v) is 3.75. The van der Waals surface area contributed by atoms with Crippen LogP contribution in [0.3, 0.4) is 0 Å². The van der Waals surface area contributed by atoms with Crippen molar-refractivity contribution in [3.63, 3.8) is 0 Å². The molecule has 0 amide bonds. The predicted octanol–water partition coefficient (Wildman–Crippen LogP) is 1.38. The lowest BCUT2D eigenvalue weighted by molar-refractivity contribution is 0.160. The molecule has 2 heterocycles. The highest BCUT2D eigenvalue weighted by atomic mass is 15.2. The molecule has 1 aliphatic heterocycles. The average molecular weight is 236 g/mol. The van der Waals surface area contributed by atoms with E-state index in [2.05, 4.69) is 33.6 Å². The number of likely N-dealkylation sites (tertiary alicyclic amines) is 1. The van der Waals surface area contributed by atoms with Gasteiger partial charge in [-0.1, -0.05) is 0 Å². The number of hydrogen-bond acceptors (Lipinski definition) is 3. The first-order chi connectivity index (χ1) is 8.16. The molecule has 1 aromatic heterocycles. The summed E-state index contributed by atoms with van der Waals surface area (Å²) in [6, 6.07) is 1.35. The van der Waals surface area contributed by atoms with E-state index in [1.165, 1.54) is 31.6 Å².